The molecule has 0 aliphatic carbocycles. The zero-order chi connectivity index (χ0) is 17.7. The molecule has 24 heavy (non-hydrogen) atoms. The standard InChI is InChI=1S/C16H15ClFNO4S/c1-2-23-16(20)14-9-13(7-8-15(14)17)19-24(21,22)10-11-3-5-12(18)6-4-11/h3-9,19H,2,10H2,1H3. The molecule has 8 heteroatoms. The predicted octanol–water partition coefficient (Wildman–Crippen LogP) is 3.60. The van der Waals surface area contributed by atoms with Crippen molar-refractivity contribution in [2.24, 2.45) is 0 Å². The summed E-state index contributed by atoms with van der Waals surface area (Å²) in [6.07, 6.45) is 0. The summed E-state index contributed by atoms with van der Waals surface area (Å²) < 4.78 is 44.5. The molecule has 0 spiro atoms. The van der Waals surface area contributed by atoms with Crippen molar-refractivity contribution >= 4 is 33.3 Å². The van der Waals surface area contributed by atoms with Gasteiger partial charge in [0.05, 0.1) is 22.9 Å². The summed E-state index contributed by atoms with van der Waals surface area (Å²) in [7, 11) is -3.74. The molecule has 5 nitrogen and oxygen atoms in total. The molecule has 1 N–H and O–H groups in total. The molecular weight excluding hydrogens is 357 g/mol. The molecule has 0 radical (unpaired) electrons. The van der Waals surface area contributed by atoms with Crippen LogP contribution in [0.2, 0.25) is 5.02 Å². The van der Waals surface area contributed by atoms with E-state index < -0.39 is 21.8 Å². The molecule has 0 amide bonds. The smallest absolute Gasteiger partial charge is 0.339 e. The fourth-order valence-electron chi connectivity index (χ4n) is 1.97. The quantitative estimate of drug-likeness (QED) is 0.787. The highest BCUT2D eigenvalue weighted by Crippen LogP contribution is 2.23. The molecule has 0 aliphatic rings. The third-order valence-corrected chi connectivity index (χ3v) is 4.59. The number of carbonyl (C=O) groups is 1. The summed E-state index contributed by atoms with van der Waals surface area (Å²) in [5, 5.41) is 0.162. The van der Waals surface area contributed by atoms with Crippen LogP contribution in [0.15, 0.2) is 42.5 Å². The number of carbonyl (C=O) groups excluding carboxylic acids is 1. The number of ether oxygens (including phenoxy) is 1. The van der Waals surface area contributed by atoms with Gasteiger partial charge in [0, 0.05) is 5.69 Å². The number of nitrogens with one attached hydrogen (secondary N) is 1. The second kappa shape index (κ2) is 7.63. The first-order valence-corrected chi connectivity index (χ1v) is 9.05. The molecule has 0 saturated carbocycles. The van der Waals surface area contributed by atoms with E-state index in [4.69, 9.17) is 16.3 Å². The summed E-state index contributed by atoms with van der Waals surface area (Å²) in [6.45, 7) is 1.83. The molecule has 0 aromatic heterocycles. The van der Waals surface area contributed by atoms with E-state index in [9.17, 15) is 17.6 Å². The van der Waals surface area contributed by atoms with Crippen LogP contribution < -0.4 is 4.72 Å². The highest BCUT2D eigenvalue weighted by atomic mass is 35.5. The van der Waals surface area contributed by atoms with Gasteiger partial charge in [-0.25, -0.2) is 17.6 Å². The van der Waals surface area contributed by atoms with Crippen LogP contribution in [0.3, 0.4) is 0 Å². The van der Waals surface area contributed by atoms with Crippen LogP contribution in [0.4, 0.5) is 10.1 Å². The third-order valence-electron chi connectivity index (χ3n) is 3.01. The highest BCUT2D eigenvalue weighted by Gasteiger charge is 2.16. The topological polar surface area (TPSA) is 72.5 Å². The van der Waals surface area contributed by atoms with Crippen molar-refractivity contribution < 1.29 is 22.3 Å². The number of esters is 1. The van der Waals surface area contributed by atoms with Crippen molar-refractivity contribution in [3.63, 3.8) is 0 Å². The van der Waals surface area contributed by atoms with Gasteiger partial charge in [0.2, 0.25) is 10.0 Å². The summed E-state index contributed by atoms with van der Waals surface area (Å²) >= 11 is 5.93. The van der Waals surface area contributed by atoms with Gasteiger partial charge >= 0.3 is 5.97 Å². The van der Waals surface area contributed by atoms with Crippen LogP contribution in [0, 0.1) is 5.82 Å². The molecule has 0 fully saturated rings. The average molecular weight is 372 g/mol. The van der Waals surface area contributed by atoms with Gasteiger partial charge in [0.25, 0.3) is 0 Å². The maximum absolute atomic E-state index is 12.9. The van der Waals surface area contributed by atoms with E-state index in [1.807, 2.05) is 0 Å². The lowest BCUT2D eigenvalue weighted by molar-refractivity contribution is 0.0526. The molecule has 2 aromatic carbocycles. The second-order valence-electron chi connectivity index (χ2n) is 4.90. The van der Waals surface area contributed by atoms with Gasteiger partial charge in [0.1, 0.15) is 5.82 Å². The maximum atomic E-state index is 12.9. The van der Waals surface area contributed by atoms with E-state index in [0.717, 1.165) is 0 Å². The van der Waals surface area contributed by atoms with Crippen molar-refractivity contribution in [2.45, 2.75) is 12.7 Å². The van der Waals surface area contributed by atoms with Crippen molar-refractivity contribution in [2.75, 3.05) is 11.3 Å². The summed E-state index contributed by atoms with van der Waals surface area (Å²) in [4.78, 5) is 11.8. The van der Waals surface area contributed by atoms with Gasteiger partial charge in [-0.2, -0.15) is 0 Å². The van der Waals surface area contributed by atoms with Crippen LogP contribution in [0.25, 0.3) is 0 Å². The Bertz CT molecular complexity index is 838. The fourth-order valence-corrected chi connectivity index (χ4v) is 3.35. The van der Waals surface area contributed by atoms with Crippen molar-refractivity contribution in [1.29, 1.82) is 0 Å². The molecule has 0 bridgehead atoms. The van der Waals surface area contributed by atoms with E-state index in [1.165, 1.54) is 42.5 Å². The third kappa shape index (κ3) is 4.94. The Balaban J connectivity index is 2.18. The number of benzene rings is 2. The van der Waals surface area contributed by atoms with Gasteiger partial charge in [0.15, 0.2) is 0 Å². The first kappa shape index (κ1) is 18.2. The van der Waals surface area contributed by atoms with Gasteiger partial charge in [-0.05, 0) is 42.8 Å². The normalized spacial score (nSPS) is 11.1. The van der Waals surface area contributed by atoms with Crippen LogP contribution in [-0.2, 0) is 20.5 Å². The molecule has 128 valence electrons. The molecule has 0 saturated heterocycles. The Morgan fingerprint density at radius 2 is 1.88 bits per heavy atom. The molecule has 0 atom stereocenters. The predicted molar refractivity (Wildman–Crippen MR) is 90.1 cm³/mol. The molecule has 0 aliphatic heterocycles. The highest BCUT2D eigenvalue weighted by molar-refractivity contribution is 7.91. The van der Waals surface area contributed by atoms with E-state index >= 15 is 0 Å². The molecule has 0 unspecified atom stereocenters. The Hall–Kier alpha value is -2.12. The lowest BCUT2D eigenvalue weighted by Crippen LogP contribution is -2.16. The number of rotatable bonds is 6. The first-order valence-electron chi connectivity index (χ1n) is 7.02. The second-order valence-corrected chi connectivity index (χ2v) is 7.03. The van der Waals surface area contributed by atoms with Crippen LogP contribution in [0.5, 0.6) is 0 Å². The largest absolute Gasteiger partial charge is 0.462 e. The SMILES string of the molecule is CCOC(=O)c1cc(NS(=O)(=O)Cc2ccc(F)cc2)ccc1Cl. The van der Waals surface area contributed by atoms with E-state index in [-0.39, 0.29) is 28.6 Å². The number of hydrogen-bond acceptors (Lipinski definition) is 4. The van der Waals surface area contributed by atoms with Gasteiger partial charge in [-0.1, -0.05) is 23.7 Å². The van der Waals surface area contributed by atoms with E-state index in [1.54, 1.807) is 6.92 Å². The van der Waals surface area contributed by atoms with E-state index in [0.29, 0.717) is 5.56 Å². The van der Waals surface area contributed by atoms with Gasteiger partial charge in [-0.15, -0.1) is 0 Å². The van der Waals surface area contributed by atoms with Crippen molar-refractivity contribution in [3.8, 4) is 0 Å². The molecule has 2 aromatic rings. The van der Waals surface area contributed by atoms with E-state index in [2.05, 4.69) is 4.72 Å². The lowest BCUT2D eigenvalue weighted by atomic mass is 10.2. The number of anilines is 1. The minimum Gasteiger partial charge on any atom is -0.462 e. The van der Waals surface area contributed by atoms with Crippen LogP contribution in [0.1, 0.15) is 22.8 Å². The van der Waals surface area contributed by atoms with Crippen molar-refractivity contribution in [1.82, 2.24) is 0 Å². The first-order chi connectivity index (χ1) is 11.3. The van der Waals surface area contributed by atoms with Crippen LogP contribution in [-0.4, -0.2) is 21.0 Å². The maximum Gasteiger partial charge on any atom is 0.339 e. The zero-order valence-electron chi connectivity index (χ0n) is 12.8. The minimum absolute atomic E-state index is 0.0699. The zero-order valence-corrected chi connectivity index (χ0v) is 14.3. The molecule has 2 rings (SSSR count). The summed E-state index contributed by atoms with van der Waals surface area (Å²) in [6, 6.07) is 9.30. The number of hydrogen-bond donors (Lipinski definition) is 1. The molecule has 0 heterocycles. The van der Waals surface area contributed by atoms with Gasteiger partial charge < -0.3 is 4.74 Å². The molecular formula is C16H15ClFNO4S. The Kier molecular flexibility index (Phi) is 5.80. The monoisotopic (exact) mass is 371 g/mol. The Labute approximate surface area is 144 Å². The Morgan fingerprint density at radius 1 is 1.21 bits per heavy atom. The number of halogens is 2. The summed E-state index contributed by atoms with van der Waals surface area (Å²) in [5.74, 6) is -1.41. The van der Waals surface area contributed by atoms with Crippen molar-refractivity contribution in [3.05, 3.63) is 64.4 Å². The summed E-state index contributed by atoms with van der Waals surface area (Å²) in [5.41, 5.74) is 0.688. The van der Waals surface area contributed by atoms with Crippen LogP contribution >= 0.6 is 11.6 Å². The fraction of sp³-hybridized carbons (Fsp3) is 0.188. The minimum atomic E-state index is -3.74. The average Bonchev–Trinajstić information content (AvgIpc) is 2.51. The number of sulfonamides is 1. The lowest BCUT2D eigenvalue weighted by Gasteiger charge is -2.10. The van der Waals surface area contributed by atoms with Gasteiger partial charge in [-0.3, -0.25) is 4.72 Å². The Morgan fingerprint density at radius 3 is 2.50 bits per heavy atom.